The van der Waals surface area contributed by atoms with Gasteiger partial charge in [0.2, 0.25) is 0 Å². The Bertz CT molecular complexity index is 274. The molecule has 0 aliphatic carbocycles. The fourth-order valence-electron chi connectivity index (χ4n) is 2.04. The van der Waals surface area contributed by atoms with Gasteiger partial charge in [-0.05, 0) is 52.9 Å². The number of rotatable bonds is 11. The van der Waals surface area contributed by atoms with Crippen molar-refractivity contribution in [1.29, 1.82) is 0 Å². The molecule has 0 unspecified atom stereocenters. The molecule has 0 fully saturated rings. The van der Waals surface area contributed by atoms with Crippen LogP contribution in [-0.2, 0) is 0 Å². The summed E-state index contributed by atoms with van der Waals surface area (Å²) in [4.78, 5) is 0. The van der Waals surface area contributed by atoms with Crippen molar-refractivity contribution in [2.24, 2.45) is 0 Å². The van der Waals surface area contributed by atoms with Gasteiger partial charge in [0, 0.05) is 0 Å². The van der Waals surface area contributed by atoms with Crippen molar-refractivity contribution in [1.82, 2.24) is 0 Å². The maximum Gasteiger partial charge on any atom is -0.0167 e. The number of allylic oxidation sites excluding steroid dienone is 6. The first kappa shape index (κ1) is 18.2. The van der Waals surface area contributed by atoms with Crippen LogP contribution in [0.4, 0.5) is 0 Å². The third-order valence-electron chi connectivity index (χ3n) is 3.33. The molecular formula is C19H34. The molecule has 0 aliphatic rings. The van der Waals surface area contributed by atoms with Crippen molar-refractivity contribution >= 4 is 0 Å². The van der Waals surface area contributed by atoms with Crippen LogP contribution in [-0.4, -0.2) is 0 Å². The molecule has 19 heavy (non-hydrogen) atoms. The largest absolute Gasteiger partial charge is 0.0882 e. The van der Waals surface area contributed by atoms with Crippen LogP contribution in [0, 0.1) is 0 Å². The molecule has 0 N–H and O–H groups in total. The van der Waals surface area contributed by atoms with Crippen molar-refractivity contribution < 1.29 is 0 Å². The van der Waals surface area contributed by atoms with E-state index in [0.29, 0.717) is 0 Å². The third-order valence-corrected chi connectivity index (χ3v) is 3.33. The first-order valence-corrected chi connectivity index (χ1v) is 8.10. The Hall–Kier alpha value is -0.780. The first-order valence-electron chi connectivity index (χ1n) is 8.10. The van der Waals surface area contributed by atoms with Gasteiger partial charge in [0.15, 0.2) is 0 Å². The van der Waals surface area contributed by atoms with Crippen LogP contribution in [0.25, 0.3) is 0 Å². The van der Waals surface area contributed by atoms with Crippen LogP contribution >= 0.6 is 0 Å². The lowest BCUT2D eigenvalue weighted by atomic mass is 10.1. The molecule has 0 bridgehead atoms. The summed E-state index contributed by atoms with van der Waals surface area (Å²) in [6, 6.07) is 0. The average Bonchev–Trinajstić information content (AvgIpc) is 2.36. The molecule has 0 nitrogen and oxygen atoms in total. The van der Waals surface area contributed by atoms with Crippen LogP contribution in [0.2, 0.25) is 0 Å². The summed E-state index contributed by atoms with van der Waals surface area (Å²) in [6.07, 6.45) is 21.0. The third kappa shape index (κ3) is 15.2. The minimum Gasteiger partial charge on any atom is -0.0882 e. The number of hydrogen-bond donors (Lipinski definition) is 0. The van der Waals surface area contributed by atoms with Gasteiger partial charge >= 0.3 is 0 Å². The van der Waals surface area contributed by atoms with Crippen LogP contribution in [0.5, 0.6) is 0 Å². The van der Waals surface area contributed by atoms with Crippen LogP contribution in [0.1, 0.15) is 85.5 Å². The Morgan fingerprint density at radius 3 is 2.21 bits per heavy atom. The summed E-state index contributed by atoms with van der Waals surface area (Å²) in [5, 5.41) is 0. The normalized spacial score (nSPS) is 12.1. The van der Waals surface area contributed by atoms with E-state index in [2.05, 4.69) is 52.0 Å². The zero-order valence-electron chi connectivity index (χ0n) is 13.7. The van der Waals surface area contributed by atoms with Gasteiger partial charge in [0.1, 0.15) is 0 Å². The van der Waals surface area contributed by atoms with Gasteiger partial charge in [-0.2, -0.15) is 0 Å². The van der Waals surface area contributed by atoms with E-state index < -0.39 is 0 Å². The molecule has 0 aromatic rings. The molecule has 0 heteroatoms. The molecule has 0 aromatic heterocycles. The second-order valence-electron chi connectivity index (χ2n) is 5.78. The average molecular weight is 262 g/mol. The van der Waals surface area contributed by atoms with E-state index in [1.54, 1.807) is 0 Å². The van der Waals surface area contributed by atoms with Crippen molar-refractivity contribution in [3.8, 4) is 0 Å². The summed E-state index contributed by atoms with van der Waals surface area (Å²) in [5.74, 6) is 0. The predicted molar refractivity (Wildman–Crippen MR) is 89.6 cm³/mol. The SMILES string of the molecule is CCCCCCC/C=C/C/C=C(\C)CCC=C(C)C. The predicted octanol–water partition coefficient (Wildman–Crippen LogP) is 6.99. The van der Waals surface area contributed by atoms with Crippen LogP contribution in [0.3, 0.4) is 0 Å². The summed E-state index contributed by atoms with van der Waals surface area (Å²) in [5.41, 5.74) is 2.95. The first-order chi connectivity index (χ1) is 9.16. The van der Waals surface area contributed by atoms with Crippen molar-refractivity contribution in [3.63, 3.8) is 0 Å². The smallest absolute Gasteiger partial charge is 0.0167 e. The lowest BCUT2D eigenvalue weighted by Gasteiger charge is -1.98. The topological polar surface area (TPSA) is 0 Å². The fourth-order valence-corrected chi connectivity index (χ4v) is 2.04. The van der Waals surface area contributed by atoms with Crippen LogP contribution < -0.4 is 0 Å². The van der Waals surface area contributed by atoms with Crippen LogP contribution in [0.15, 0.2) is 35.5 Å². The quantitative estimate of drug-likeness (QED) is 0.278. The molecule has 0 saturated carbocycles. The highest BCUT2D eigenvalue weighted by Gasteiger charge is 1.88. The highest BCUT2D eigenvalue weighted by Crippen LogP contribution is 2.09. The van der Waals surface area contributed by atoms with Gasteiger partial charge in [-0.25, -0.2) is 0 Å². The molecule has 0 aromatic carbocycles. The molecule has 0 spiro atoms. The fraction of sp³-hybridized carbons (Fsp3) is 0.684. The molecule has 0 amide bonds. The van der Waals surface area contributed by atoms with E-state index in [0.717, 1.165) is 6.42 Å². The summed E-state index contributed by atoms with van der Waals surface area (Å²) < 4.78 is 0. The minimum atomic E-state index is 1.11. The van der Waals surface area contributed by atoms with E-state index in [9.17, 15) is 0 Å². The maximum absolute atomic E-state index is 2.37. The summed E-state index contributed by atoms with van der Waals surface area (Å²) in [6.45, 7) is 8.86. The molecule has 110 valence electrons. The second-order valence-corrected chi connectivity index (χ2v) is 5.78. The van der Waals surface area contributed by atoms with Gasteiger partial charge in [0.05, 0.1) is 0 Å². The summed E-state index contributed by atoms with van der Waals surface area (Å²) >= 11 is 0. The zero-order valence-corrected chi connectivity index (χ0v) is 13.7. The second kappa shape index (κ2) is 13.6. The van der Waals surface area contributed by atoms with Gasteiger partial charge < -0.3 is 0 Å². The Morgan fingerprint density at radius 1 is 0.789 bits per heavy atom. The molecule has 0 saturated heterocycles. The molecular weight excluding hydrogens is 228 g/mol. The van der Waals surface area contributed by atoms with E-state index in [4.69, 9.17) is 0 Å². The van der Waals surface area contributed by atoms with E-state index in [1.807, 2.05) is 0 Å². The lowest BCUT2D eigenvalue weighted by Crippen LogP contribution is -1.77. The van der Waals surface area contributed by atoms with Crippen molar-refractivity contribution in [2.75, 3.05) is 0 Å². The Morgan fingerprint density at radius 2 is 1.53 bits per heavy atom. The molecule has 0 rings (SSSR count). The summed E-state index contributed by atoms with van der Waals surface area (Å²) in [7, 11) is 0. The molecule has 0 heterocycles. The zero-order chi connectivity index (χ0) is 14.3. The van der Waals surface area contributed by atoms with E-state index in [-0.39, 0.29) is 0 Å². The van der Waals surface area contributed by atoms with Crippen molar-refractivity contribution in [3.05, 3.63) is 35.5 Å². The highest BCUT2D eigenvalue weighted by atomic mass is 13.9. The lowest BCUT2D eigenvalue weighted by molar-refractivity contribution is 0.637. The van der Waals surface area contributed by atoms with Gasteiger partial charge in [0.25, 0.3) is 0 Å². The monoisotopic (exact) mass is 262 g/mol. The Labute approximate surface area is 121 Å². The van der Waals surface area contributed by atoms with Gasteiger partial charge in [-0.15, -0.1) is 0 Å². The van der Waals surface area contributed by atoms with E-state index in [1.165, 1.54) is 62.5 Å². The highest BCUT2D eigenvalue weighted by molar-refractivity contribution is 5.04. The Balaban J connectivity index is 3.51. The molecule has 0 aliphatic heterocycles. The molecule has 0 radical (unpaired) electrons. The molecule has 0 atom stereocenters. The number of unbranched alkanes of at least 4 members (excludes halogenated alkanes) is 5. The van der Waals surface area contributed by atoms with Crippen molar-refractivity contribution in [2.45, 2.75) is 85.5 Å². The standard InChI is InChI=1S/C19H34/c1-5-6-7-8-9-10-11-12-13-16-19(4)17-14-15-18(2)3/h11-12,15-16H,5-10,13-14,17H2,1-4H3/b12-11+,19-16+. The van der Waals surface area contributed by atoms with E-state index >= 15 is 0 Å². The van der Waals surface area contributed by atoms with Gasteiger partial charge in [-0.3, -0.25) is 0 Å². The van der Waals surface area contributed by atoms with Gasteiger partial charge in [-0.1, -0.05) is 68.1 Å². The maximum atomic E-state index is 2.37. The number of hydrogen-bond acceptors (Lipinski definition) is 0. The minimum absolute atomic E-state index is 1.11. The Kier molecular flexibility index (Phi) is 13.1.